The summed E-state index contributed by atoms with van der Waals surface area (Å²) in [6, 6.07) is 7.83. The van der Waals surface area contributed by atoms with Gasteiger partial charge in [0.25, 0.3) is 0 Å². The normalized spacial score (nSPS) is 21.7. The van der Waals surface area contributed by atoms with Gasteiger partial charge in [0.1, 0.15) is 12.4 Å². The number of benzene rings is 1. The van der Waals surface area contributed by atoms with E-state index < -0.39 is 0 Å². The molecule has 0 saturated carbocycles. The zero-order chi connectivity index (χ0) is 14.0. The van der Waals surface area contributed by atoms with Gasteiger partial charge >= 0.3 is 6.09 Å². The van der Waals surface area contributed by atoms with Crippen LogP contribution in [0.1, 0.15) is 39.3 Å². The molecule has 1 amide bonds. The van der Waals surface area contributed by atoms with Gasteiger partial charge in [-0.3, -0.25) is 0 Å². The third kappa shape index (κ3) is 3.19. The summed E-state index contributed by atoms with van der Waals surface area (Å²) in [5, 5.41) is 2.88. The van der Waals surface area contributed by atoms with Crippen LogP contribution in [0, 0.1) is 5.41 Å². The molecule has 1 atom stereocenters. The number of hydrogen-bond acceptors (Lipinski definition) is 3. The van der Waals surface area contributed by atoms with Crippen LogP contribution in [-0.4, -0.2) is 18.8 Å². The standard InChI is InChI=1S/C15H21NO3/c1-10(2)19-12-7-5-11(6-8-12)13-15(3,4)9-18-14(17)16-13/h5-8,10,13H,9H2,1-4H3,(H,16,17)/t13-/m0/s1. The molecule has 1 aliphatic rings. The van der Waals surface area contributed by atoms with Gasteiger partial charge in [0.05, 0.1) is 12.1 Å². The van der Waals surface area contributed by atoms with Crippen LogP contribution in [0.3, 0.4) is 0 Å². The summed E-state index contributed by atoms with van der Waals surface area (Å²) in [4.78, 5) is 11.4. The molecule has 1 aromatic carbocycles. The number of rotatable bonds is 3. The van der Waals surface area contributed by atoms with Crippen molar-refractivity contribution >= 4 is 6.09 Å². The van der Waals surface area contributed by atoms with E-state index in [1.165, 1.54) is 0 Å². The van der Waals surface area contributed by atoms with E-state index in [-0.39, 0.29) is 23.7 Å². The zero-order valence-electron chi connectivity index (χ0n) is 11.9. The number of hydrogen-bond donors (Lipinski definition) is 1. The fourth-order valence-corrected chi connectivity index (χ4v) is 2.24. The number of carbonyl (C=O) groups excluding carboxylic acids is 1. The van der Waals surface area contributed by atoms with E-state index in [0.717, 1.165) is 11.3 Å². The Bertz CT molecular complexity index is 451. The second kappa shape index (κ2) is 5.11. The fraction of sp³-hybridized carbons (Fsp3) is 0.533. The second-order valence-electron chi connectivity index (χ2n) is 5.88. The molecule has 1 heterocycles. The minimum Gasteiger partial charge on any atom is -0.491 e. The number of cyclic esters (lactones) is 1. The van der Waals surface area contributed by atoms with Crippen molar-refractivity contribution in [2.45, 2.75) is 39.8 Å². The second-order valence-corrected chi connectivity index (χ2v) is 5.88. The van der Waals surface area contributed by atoms with Crippen molar-refractivity contribution in [1.29, 1.82) is 0 Å². The zero-order valence-corrected chi connectivity index (χ0v) is 11.9. The largest absolute Gasteiger partial charge is 0.491 e. The molecule has 0 aromatic heterocycles. The van der Waals surface area contributed by atoms with E-state index in [1.54, 1.807) is 0 Å². The van der Waals surface area contributed by atoms with Crippen molar-refractivity contribution in [2.75, 3.05) is 6.61 Å². The third-order valence-corrected chi connectivity index (χ3v) is 3.20. The molecule has 1 N–H and O–H groups in total. The minimum absolute atomic E-state index is 0.0400. The quantitative estimate of drug-likeness (QED) is 0.910. The molecular formula is C15H21NO3. The van der Waals surface area contributed by atoms with Crippen LogP contribution in [0.15, 0.2) is 24.3 Å². The van der Waals surface area contributed by atoms with Crippen molar-refractivity contribution in [3.63, 3.8) is 0 Å². The van der Waals surface area contributed by atoms with E-state index in [1.807, 2.05) is 38.1 Å². The average molecular weight is 263 g/mol. The van der Waals surface area contributed by atoms with Crippen LogP contribution >= 0.6 is 0 Å². The lowest BCUT2D eigenvalue weighted by Crippen LogP contribution is -2.46. The molecule has 104 valence electrons. The maximum Gasteiger partial charge on any atom is 0.407 e. The highest BCUT2D eigenvalue weighted by Gasteiger charge is 2.37. The van der Waals surface area contributed by atoms with Crippen molar-refractivity contribution in [1.82, 2.24) is 5.32 Å². The first-order chi connectivity index (χ1) is 8.88. The number of alkyl carbamates (subject to hydrolysis) is 1. The van der Waals surface area contributed by atoms with Crippen molar-refractivity contribution in [3.05, 3.63) is 29.8 Å². The van der Waals surface area contributed by atoms with Crippen LogP contribution < -0.4 is 10.1 Å². The van der Waals surface area contributed by atoms with Gasteiger partial charge in [-0.1, -0.05) is 26.0 Å². The number of nitrogens with one attached hydrogen (secondary N) is 1. The predicted octanol–water partition coefficient (Wildman–Crippen LogP) is 3.28. The Morgan fingerprint density at radius 1 is 1.32 bits per heavy atom. The molecule has 1 fully saturated rings. The van der Waals surface area contributed by atoms with Gasteiger partial charge in [-0.15, -0.1) is 0 Å². The molecule has 0 spiro atoms. The molecule has 0 bridgehead atoms. The summed E-state index contributed by atoms with van der Waals surface area (Å²) in [6.45, 7) is 8.57. The topological polar surface area (TPSA) is 47.6 Å². The Balaban J connectivity index is 2.18. The molecule has 1 aliphatic heterocycles. The first-order valence-corrected chi connectivity index (χ1v) is 6.58. The van der Waals surface area contributed by atoms with Gasteiger partial charge in [-0.2, -0.15) is 0 Å². The Morgan fingerprint density at radius 3 is 2.53 bits per heavy atom. The van der Waals surface area contributed by atoms with Crippen molar-refractivity contribution < 1.29 is 14.3 Å². The molecule has 0 aliphatic carbocycles. The summed E-state index contributed by atoms with van der Waals surface area (Å²) in [5.41, 5.74) is 0.937. The summed E-state index contributed by atoms with van der Waals surface area (Å²) in [5.74, 6) is 0.843. The van der Waals surface area contributed by atoms with E-state index in [4.69, 9.17) is 9.47 Å². The molecule has 4 nitrogen and oxygen atoms in total. The Hall–Kier alpha value is -1.71. The minimum atomic E-state index is -0.355. The first kappa shape index (κ1) is 13.7. The molecule has 1 aromatic rings. The summed E-state index contributed by atoms with van der Waals surface area (Å²) in [7, 11) is 0. The van der Waals surface area contributed by atoms with Gasteiger partial charge in [-0.05, 0) is 31.5 Å². The number of amides is 1. The lowest BCUT2D eigenvalue weighted by Gasteiger charge is -2.38. The molecule has 4 heteroatoms. The van der Waals surface area contributed by atoms with Gasteiger partial charge in [-0.25, -0.2) is 4.79 Å². The molecule has 19 heavy (non-hydrogen) atoms. The van der Waals surface area contributed by atoms with Crippen LogP contribution in [0.5, 0.6) is 5.75 Å². The Morgan fingerprint density at radius 2 is 1.95 bits per heavy atom. The maximum atomic E-state index is 11.4. The molecular weight excluding hydrogens is 242 g/mol. The highest BCUT2D eigenvalue weighted by Crippen LogP contribution is 2.36. The maximum absolute atomic E-state index is 11.4. The fourth-order valence-electron chi connectivity index (χ4n) is 2.24. The molecule has 2 rings (SSSR count). The third-order valence-electron chi connectivity index (χ3n) is 3.20. The lowest BCUT2D eigenvalue weighted by molar-refractivity contribution is 0.0387. The smallest absolute Gasteiger partial charge is 0.407 e. The van der Waals surface area contributed by atoms with Gasteiger partial charge < -0.3 is 14.8 Å². The highest BCUT2D eigenvalue weighted by molar-refractivity contribution is 5.69. The van der Waals surface area contributed by atoms with Crippen molar-refractivity contribution in [3.8, 4) is 5.75 Å². The van der Waals surface area contributed by atoms with Gasteiger partial charge in [0, 0.05) is 5.41 Å². The monoisotopic (exact) mass is 263 g/mol. The van der Waals surface area contributed by atoms with E-state index in [9.17, 15) is 4.79 Å². The number of ether oxygens (including phenoxy) is 2. The Kier molecular flexibility index (Phi) is 3.69. The summed E-state index contributed by atoms with van der Waals surface area (Å²) < 4.78 is 10.7. The van der Waals surface area contributed by atoms with Crippen LogP contribution in [-0.2, 0) is 4.74 Å². The summed E-state index contributed by atoms with van der Waals surface area (Å²) >= 11 is 0. The van der Waals surface area contributed by atoms with E-state index in [2.05, 4.69) is 19.2 Å². The van der Waals surface area contributed by atoms with E-state index >= 15 is 0 Å². The average Bonchev–Trinajstić information content (AvgIpc) is 2.33. The van der Waals surface area contributed by atoms with E-state index in [0.29, 0.717) is 6.61 Å². The van der Waals surface area contributed by atoms with Gasteiger partial charge in [0.2, 0.25) is 0 Å². The molecule has 0 unspecified atom stereocenters. The highest BCUT2D eigenvalue weighted by atomic mass is 16.6. The molecule has 0 radical (unpaired) electrons. The summed E-state index contributed by atoms with van der Waals surface area (Å²) in [6.07, 6.45) is -0.197. The lowest BCUT2D eigenvalue weighted by atomic mass is 9.80. The number of carbonyl (C=O) groups is 1. The van der Waals surface area contributed by atoms with Crippen LogP contribution in [0.4, 0.5) is 4.79 Å². The van der Waals surface area contributed by atoms with Crippen LogP contribution in [0.25, 0.3) is 0 Å². The van der Waals surface area contributed by atoms with Gasteiger partial charge in [0.15, 0.2) is 0 Å². The SMILES string of the molecule is CC(C)Oc1ccc([C@@H]2NC(=O)OCC2(C)C)cc1. The Labute approximate surface area is 114 Å². The van der Waals surface area contributed by atoms with Crippen molar-refractivity contribution in [2.24, 2.45) is 5.41 Å². The predicted molar refractivity (Wildman–Crippen MR) is 73.2 cm³/mol. The molecule has 1 saturated heterocycles. The van der Waals surface area contributed by atoms with Crippen LogP contribution in [0.2, 0.25) is 0 Å². The first-order valence-electron chi connectivity index (χ1n) is 6.58.